The molecule has 2 heteroatoms. The highest BCUT2D eigenvalue weighted by Crippen LogP contribution is 2.35. The van der Waals surface area contributed by atoms with Crippen molar-refractivity contribution in [3.05, 3.63) is 60.3 Å². The molecule has 3 aromatic rings. The lowest BCUT2D eigenvalue weighted by molar-refractivity contribution is 0.196. The molecule has 90 valence electrons. The average molecular weight is 237 g/mol. The number of aromatic nitrogens is 1. The van der Waals surface area contributed by atoms with Crippen molar-refractivity contribution in [1.82, 2.24) is 4.98 Å². The Morgan fingerprint density at radius 3 is 2.33 bits per heavy atom. The summed E-state index contributed by atoms with van der Waals surface area (Å²) in [6.07, 6.45) is -0.507. The minimum absolute atomic E-state index is 0.507. The standard InChI is InChI=1S/C16H15NO/c1-11(18)16-15(12-7-3-2-4-8-12)13-9-5-6-10-14(13)17-16/h2-11,17-18H,1H3/t11-/m1/s1. The molecule has 0 aliphatic carbocycles. The van der Waals surface area contributed by atoms with Gasteiger partial charge in [-0.15, -0.1) is 0 Å². The summed E-state index contributed by atoms with van der Waals surface area (Å²) in [4.78, 5) is 3.31. The molecule has 3 rings (SSSR count). The highest BCUT2D eigenvalue weighted by atomic mass is 16.3. The van der Waals surface area contributed by atoms with Crippen LogP contribution in [0.15, 0.2) is 54.6 Å². The van der Waals surface area contributed by atoms with E-state index in [2.05, 4.69) is 23.2 Å². The van der Waals surface area contributed by atoms with E-state index in [0.717, 1.165) is 27.7 Å². The van der Waals surface area contributed by atoms with Crippen molar-refractivity contribution in [2.75, 3.05) is 0 Å². The predicted molar refractivity (Wildman–Crippen MR) is 74.4 cm³/mol. The van der Waals surface area contributed by atoms with Gasteiger partial charge < -0.3 is 10.1 Å². The highest BCUT2D eigenvalue weighted by Gasteiger charge is 2.15. The van der Waals surface area contributed by atoms with Crippen LogP contribution in [0.3, 0.4) is 0 Å². The maximum atomic E-state index is 9.94. The SMILES string of the molecule is C[C@@H](O)c1[nH]c2ccccc2c1-c1ccccc1. The lowest BCUT2D eigenvalue weighted by atomic mass is 10.0. The van der Waals surface area contributed by atoms with E-state index in [9.17, 15) is 5.11 Å². The van der Waals surface area contributed by atoms with Crippen LogP contribution in [0.2, 0.25) is 0 Å². The zero-order valence-electron chi connectivity index (χ0n) is 10.2. The molecule has 1 aromatic heterocycles. The number of fused-ring (bicyclic) bond motifs is 1. The van der Waals surface area contributed by atoms with Crippen LogP contribution in [0.4, 0.5) is 0 Å². The molecule has 0 saturated carbocycles. The Morgan fingerprint density at radius 1 is 0.944 bits per heavy atom. The third-order valence-electron chi connectivity index (χ3n) is 3.22. The van der Waals surface area contributed by atoms with E-state index in [-0.39, 0.29) is 0 Å². The second-order valence-corrected chi connectivity index (χ2v) is 4.50. The van der Waals surface area contributed by atoms with Gasteiger partial charge in [0.15, 0.2) is 0 Å². The zero-order valence-corrected chi connectivity index (χ0v) is 10.2. The van der Waals surface area contributed by atoms with E-state index >= 15 is 0 Å². The van der Waals surface area contributed by atoms with E-state index in [0.29, 0.717) is 0 Å². The molecule has 2 N–H and O–H groups in total. The number of para-hydroxylation sites is 1. The topological polar surface area (TPSA) is 36.0 Å². The molecule has 18 heavy (non-hydrogen) atoms. The molecule has 0 bridgehead atoms. The number of aliphatic hydroxyl groups is 1. The van der Waals surface area contributed by atoms with Gasteiger partial charge in [0.05, 0.1) is 11.8 Å². The molecule has 0 aliphatic rings. The Morgan fingerprint density at radius 2 is 1.61 bits per heavy atom. The largest absolute Gasteiger partial charge is 0.387 e. The predicted octanol–water partition coefficient (Wildman–Crippen LogP) is 3.89. The number of hydrogen-bond donors (Lipinski definition) is 2. The van der Waals surface area contributed by atoms with Crippen molar-refractivity contribution < 1.29 is 5.11 Å². The van der Waals surface area contributed by atoms with Gasteiger partial charge in [0.2, 0.25) is 0 Å². The van der Waals surface area contributed by atoms with Gasteiger partial charge in [-0.25, -0.2) is 0 Å². The molecule has 2 nitrogen and oxygen atoms in total. The van der Waals surface area contributed by atoms with Crippen LogP contribution in [0.25, 0.3) is 22.0 Å². The van der Waals surface area contributed by atoms with Crippen molar-refractivity contribution in [2.24, 2.45) is 0 Å². The van der Waals surface area contributed by atoms with Gasteiger partial charge in [0.1, 0.15) is 0 Å². The number of H-pyrrole nitrogens is 1. The molecule has 0 fully saturated rings. The first-order valence-corrected chi connectivity index (χ1v) is 6.11. The van der Waals surface area contributed by atoms with Gasteiger partial charge >= 0.3 is 0 Å². The molecular formula is C16H15NO. The Kier molecular flexibility index (Phi) is 2.65. The molecule has 1 atom stereocenters. The molecule has 0 unspecified atom stereocenters. The fourth-order valence-electron chi connectivity index (χ4n) is 2.39. The van der Waals surface area contributed by atoms with Crippen LogP contribution < -0.4 is 0 Å². The Hall–Kier alpha value is -2.06. The monoisotopic (exact) mass is 237 g/mol. The van der Waals surface area contributed by atoms with Crippen molar-refractivity contribution >= 4 is 10.9 Å². The highest BCUT2D eigenvalue weighted by molar-refractivity contribution is 5.97. The third-order valence-corrected chi connectivity index (χ3v) is 3.22. The summed E-state index contributed by atoms with van der Waals surface area (Å²) in [7, 11) is 0. The minimum Gasteiger partial charge on any atom is -0.387 e. The van der Waals surface area contributed by atoms with Gasteiger partial charge in [-0.2, -0.15) is 0 Å². The summed E-state index contributed by atoms with van der Waals surface area (Å²) in [6.45, 7) is 1.79. The maximum absolute atomic E-state index is 9.94. The van der Waals surface area contributed by atoms with Crippen LogP contribution >= 0.6 is 0 Å². The normalized spacial score (nSPS) is 12.8. The third kappa shape index (κ3) is 1.71. The molecule has 0 amide bonds. The van der Waals surface area contributed by atoms with Gasteiger partial charge in [0, 0.05) is 16.5 Å². The number of nitrogens with one attached hydrogen (secondary N) is 1. The summed E-state index contributed by atoms with van der Waals surface area (Å²) in [6, 6.07) is 18.3. The average Bonchev–Trinajstić information content (AvgIpc) is 2.79. The number of benzene rings is 2. The summed E-state index contributed by atoms with van der Waals surface area (Å²) in [5.41, 5.74) is 4.17. The van der Waals surface area contributed by atoms with E-state index in [1.807, 2.05) is 36.4 Å². The quantitative estimate of drug-likeness (QED) is 0.697. The van der Waals surface area contributed by atoms with Crippen LogP contribution in [-0.2, 0) is 0 Å². The number of aromatic amines is 1. The summed E-state index contributed by atoms with van der Waals surface area (Å²) in [5.74, 6) is 0. The van der Waals surface area contributed by atoms with Gasteiger partial charge in [-0.05, 0) is 18.6 Å². The first kappa shape index (κ1) is 11.1. The zero-order chi connectivity index (χ0) is 12.5. The van der Waals surface area contributed by atoms with Crippen molar-refractivity contribution in [3.8, 4) is 11.1 Å². The summed E-state index contributed by atoms with van der Waals surface area (Å²) < 4.78 is 0. The van der Waals surface area contributed by atoms with Crippen molar-refractivity contribution in [3.63, 3.8) is 0 Å². The Bertz CT molecular complexity index is 668. The first-order chi connectivity index (χ1) is 8.77. The second kappa shape index (κ2) is 4.31. The van der Waals surface area contributed by atoms with Gasteiger partial charge in [-0.3, -0.25) is 0 Å². The smallest absolute Gasteiger partial charge is 0.0916 e. The molecule has 1 heterocycles. The number of rotatable bonds is 2. The lowest BCUT2D eigenvalue weighted by Gasteiger charge is -2.07. The van der Waals surface area contributed by atoms with Gasteiger partial charge in [-0.1, -0.05) is 48.5 Å². The fraction of sp³-hybridized carbons (Fsp3) is 0.125. The summed E-state index contributed by atoms with van der Waals surface area (Å²) >= 11 is 0. The van der Waals surface area contributed by atoms with E-state index in [1.54, 1.807) is 6.92 Å². The van der Waals surface area contributed by atoms with Crippen LogP contribution in [0.1, 0.15) is 18.7 Å². The molecular weight excluding hydrogens is 222 g/mol. The molecule has 2 aromatic carbocycles. The minimum atomic E-state index is -0.507. The second-order valence-electron chi connectivity index (χ2n) is 4.50. The number of hydrogen-bond acceptors (Lipinski definition) is 1. The van der Waals surface area contributed by atoms with Gasteiger partial charge in [0.25, 0.3) is 0 Å². The molecule has 0 saturated heterocycles. The van der Waals surface area contributed by atoms with Crippen LogP contribution in [0.5, 0.6) is 0 Å². The van der Waals surface area contributed by atoms with Crippen LogP contribution in [-0.4, -0.2) is 10.1 Å². The maximum Gasteiger partial charge on any atom is 0.0916 e. The van der Waals surface area contributed by atoms with E-state index in [4.69, 9.17) is 0 Å². The van der Waals surface area contributed by atoms with Crippen molar-refractivity contribution in [2.45, 2.75) is 13.0 Å². The van der Waals surface area contributed by atoms with Crippen LogP contribution in [0, 0.1) is 0 Å². The Labute approximate surface area is 106 Å². The fourth-order valence-corrected chi connectivity index (χ4v) is 2.39. The molecule has 0 spiro atoms. The number of aliphatic hydroxyl groups excluding tert-OH is 1. The molecule has 0 aliphatic heterocycles. The lowest BCUT2D eigenvalue weighted by Crippen LogP contribution is -1.93. The first-order valence-electron chi connectivity index (χ1n) is 6.11. The van der Waals surface area contributed by atoms with Crippen molar-refractivity contribution in [1.29, 1.82) is 0 Å². The molecule has 0 radical (unpaired) electrons. The van der Waals surface area contributed by atoms with E-state index < -0.39 is 6.10 Å². The Balaban J connectivity index is 2.35. The summed E-state index contributed by atoms with van der Waals surface area (Å²) in [5, 5.41) is 11.1. The van der Waals surface area contributed by atoms with E-state index in [1.165, 1.54) is 0 Å².